The molecule has 2 aromatic rings. The standard InChI is InChI=1S/C14H14N4O2S/c1-16-12-10(13(19)17(2)14(16)20)21-11(15-18(12)3)9-7-5-4-6-8-9/h4-8H,1-3H3. The fraction of sp³-hybridized carbons (Fsp3) is 0.214. The highest BCUT2D eigenvalue weighted by molar-refractivity contribution is 8.14. The molecule has 0 N–H and O–H groups in total. The third-order valence-corrected chi connectivity index (χ3v) is 4.43. The van der Waals surface area contributed by atoms with Crippen LogP contribution in [0.5, 0.6) is 0 Å². The van der Waals surface area contributed by atoms with Crippen LogP contribution in [0.15, 0.2) is 49.9 Å². The Morgan fingerprint density at radius 3 is 2.33 bits per heavy atom. The van der Waals surface area contributed by atoms with E-state index < -0.39 is 0 Å². The van der Waals surface area contributed by atoms with Gasteiger partial charge in [-0.15, -0.1) is 0 Å². The number of benzene rings is 1. The zero-order chi connectivity index (χ0) is 15.1. The van der Waals surface area contributed by atoms with Crippen LogP contribution in [0.1, 0.15) is 5.56 Å². The Morgan fingerprint density at radius 2 is 1.67 bits per heavy atom. The lowest BCUT2D eigenvalue weighted by molar-refractivity contribution is 0.651. The molecule has 0 spiro atoms. The predicted molar refractivity (Wildman–Crippen MR) is 84.2 cm³/mol. The number of anilines is 1. The molecule has 6 nitrogen and oxygen atoms in total. The summed E-state index contributed by atoms with van der Waals surface area (Å²) in [5.41, 5.74) is 0.286. The van der Waals surface area contributed by atoms with Crippen LogP contribution >= 0.6 is 11.8 Å². The molecule has 0 bridgehead atoms. The van der Waals surface area contributed by atoms with Gasteiger partial charge in [0.15, 0.2) is 5.82 Å². The van der Waals surface area contributed by atoms with Crippen molar-refractivity contribution in [2.45, 2.75) is 4.90 Å². The summed E-state index contributed by atoms with van der Waals surface area (Å²) in [5, 5.41) is 6.79. The summed E-state index contributed by atoms with van der Waals surface area (Å²) in [5.74, 6) is 0.521. The second-order valence-corrected chi connectivity index (χ2v) is 5.75. The maximum atomic E-state index is 12.4. The maximum Gasteiger partial charge on any atom is 0.332 e. The van der Waals surface area contributed by atoms with Gasteiger partial charge in [-0.3, -0.25) is 18.9 Å². The van der Waals surface area contributed by atoms with Crippen LogP contribution in [0.25, 0.3) is 0 Å². The van der Waals surface area contributed by atoms with E-state index in [0.29, 0.717) is 10.7 Å². The Labute approximate surface area is 125 Å². The molecule has 21 heavy (non-hydrogen) atoms. The molecular weight excluding hydrogens is 288 g/mol. The molecule has 108 valence electrons. The summed E-state index contributed by atoms with van der Waals surface area (Å²) < 4.78 is 2.56. The van der Waals surface area contributed by atoms with Crippen molar-refractivity contribution < 1.29 is 0 Å². The van der Waals surface area contributed by atoms with E-state index in [1.165, 1.54) is 23.4 Å². The molecule has 7 heteroatoms. The number of hydrogen-bond acceptors (Lipinski definition) is 5. The zero-order valence-corrected chi connectivity index (χ0v) is 12.7. The highest BCUT2D eigenvalue weighted by Crippen LogP contribution is 2.33. The predicted octanol–water partition coefficient (Wildman–Crippen LogP) is 0.988. The van der Waals surface area contributed by atoms with Crippen molar-refractivity contribution in [3.63, 3.8) is 0 Å². The van der Waals surface area contributed by atoms with E-state index in [1.807, 2.05) is 30.3 Å². The van der Waals surface area contributed by atoms with Crippen molar-refractivity contribution in [2.24, 2.45) is 19.2 Å². The third-order valence-electron chi connectivity index (χ3n) is 3.36. The minimum atomic E-state index is -0.357. The van der Waals surface area contributed by atoms with E-state index in [0.717, 1.165) is 15.2 Å². The van der Waals surface area contributed by atoms with Crippen LogP contribution in [0.2, 0.25) is 0 Å². The first-order valence-electron chi connectivity index (χ1n) is 6.36. The smallest absolute Gasteiger partial charge is 0.280 e. The van der Waals surface area contributed by atoms with E-state index in [2.05, 4.69) is 5.10 Å². The lowest BCUT2D eigenvalue weighted by atomic mass is 10.2. The molecule has 0 aliphatic carbocycles. The molecule has 1 aliphatic heterocycles. The largest absolute Gasteiger partial charge is 0.332 e. The summed E-state index contributed by atoms with van der Waals surface area (Å²) >= 11 is 1.29. The van der Waals surface area contributed by atoms with Gasteiger partial charge in [0.2, 0.25) is 0 Å². The Bertz CT molecular complexity index is 852. The van der Waals surface area contributed by atoms with Gasteiger partial charge in [0, 0.05) is 26.7 Å². The van der Waals surface area contributed by atoms with Crippen LogP contribution in [0, 0.1) is 0 Å². The summed E-state index contributed by atoms with van der Waals surface area (Å²) in [6.07, 6.45) is 0. The van der Waals surface area contributed by atoms with Gasteiger partial charge in [0.05, 0.1) is 0 Å². The summed E-state index contributed by atoms with van der Waals surface area (Å²) in [6.45, 7) is 0. The van der Waals surface area contributed by atoms with Crippen LogP contribution in [0.4, 0.5) is 5.82 Å². The monoisotopic (exact) mass is 302 g/mol. The Balaban J connectivity index is 2.21. The number of hydrogen-bond donors (Lipinski definition) is 0. The van der Waals surface area contributed by atoms with Gasteiger partial charge in [-0.05, 0) is 0 Å². The van der Waals surface area contributed by atoms with E-state index >= 15 is 0 Å². The average molecular weight is 302 g/mol. The normalized spacial score (nSPS) is 13.9. The van der Waals surface area contributed by atoms with Crippen molar-refractivity contribution >= 4 is 22.6 Å². The third kappa shape index (κ3) is 2.09. The van der Waals surface area contributed by atoms with E-state index in [1.54, 1.807) is 19.1 Å². The van der Waals surface area contributed by atoms with Crippen molar-refractivity contribution in [2.75, 3.05) is 12.1 Å². The molecule has 0 radical (unpaired) electrons. The quantitative estimate of drug-likeness (QED) is 0.788. The number of rotatable bonds is 1. The van der Waals surface area contributed by atoms with Gasteiger partial charge in [0.1, 0.15) is 9.94 Å². The lowest BCUT2D eigenvalue weighted by Crippen LogP contribution is -2.41. The van der Waals surface area contributed by atoms with E-state index in [-0.39, 0.29) is 11.2 Å². The zero-order valence-electron chi connectivity index (χ0n) is 11.9. The Morgan fingerprint density at radius 1 is 1.00 bits per heavy atom. The minimum absolute atomic E-state index is 0.298. The fourth-order valence-electron chi connectivity index (χ4n) is 2.25. The van der Waals surface area contributed by atoms with E-state index in [4.69, 9.17) is 0 Å². The van der Waals surface area contributed by atoms with Crippen molar-refractivity contribution in [1.29, 1.82) is 0 Å². The molecule has 3 rings (SSSR count). The molecule has 0 atom stereocenters. The van der Waals surface area contributed by atoms with Crippen LogP contribution < -0.4 is 16.3 Å². The van der Waals surface area contributed by atoms with Crippen LogP contribution in [0.3, 0.4) is 0 Å². The second kappa shape index (κ2) is 4.92. The van der Waals surface area contributed by atoms with Gasteiger partial charge in [-0.2, -0.15) is 5.10 Å². The maximum absolute atomic E-state index is 12.4. The molecule has 0 fully saturated rings. The van der Waals surface area contributed by atoms with E-state index in [9.17, 15) is 9.59 Å². The Hall–Kier alpha value is -2.28. The first-order chi connectivity index (χ1) is 10.0. The summed E-state index contributed by atoms with van der Waals surface area (Å²) in [4.78, 5) is 24.9. The van der Waals surface area contributed by atoms with Crippen LogP contribution in [-0.2, 0) is 14.1 Å². The molecule has 0 unspecified atom stereocenters. The first kappa shape index (κ1) is 13.7. The number of thioether (sulfide) groups is 1. The van der Waals surface area contributed by atoms with Crippen molar-refractivity contribution in [3.8, 4) is 0 Å². The summed E-state index contributed by atoms with van der Waals surface area (Å²) in [6, 6.07) is 9.66. The highest BCUT2D eigenvalue weighted by Gasteiger charge is 2.26. The number of hydrazone groups is 1. The fourth-order valence-corrected chi connectivity index (χ4v) is 3.45. The molecule has 0 saturated carbocycles. The topological polar surface area (TPSA) is 59.6 Å². The first-order valence-corrected chi connectivity index (χ1v) is 7.18. The van der Waals surface area contributed by atoms with Crippen molar-refractivity contribution in [3.05, 3.63) is 56.7 Å². The van der Waals surface area contributed by atoms with Gasteiger partial charge in [0.25, 0.3) is 5.56 Å². The molecular formula is C14H14N4O2S. The average Bonchev–Trinajstić information content (AvgIpc) is 2.51. The van der Waals surface area contributed by atoms with Gasteiger partial charge >= 0.3 is 5.69 Å². The highest BCUT2D eigenvalue weighted by atomic mass is 32.2. The Kier molecular flexibility index (Phi) is 3.21. The summed E-state index contributed by atoms with van der Waals surface area (Å²) in [7, 11) is 4.86. The molecule has 1 aromatic heterocycles. The molecule has 0 amide bonds. The van der Waals surface area contributed by atoms with Gasteiger partial charge in [-0.25, -0.2) is 4.79 Å². The number of nitrogens with zero attached hydrogens (tertiary/aromatic N) is 4. The van der Waals surface area contributed by atoms with Crippen LogP contribution in [-0.4, -0.2) is 21.2 Å². The molecule has 1 aromatic carbocycles. The lowest BCUT2D eigenvalue weighted by Gasteiger charge is -2.25. The SMILES string of the molecule is CN1N=C(c2ccccc2)Sc2c1n(C)c(=O)n(C)c2=O. The molecule has 0 saturated heterocycles. The second-order valence-electron chi connectivity index (χ2n) is 4.76. The minimum Gasteiger partial charge on any atom is -0.280 e. The van der Waals surface area contributed by atoms with Gasteiger partial charge < -0.3 is 0 Å². The molecule has 2 heterocycles. The number of fused-ring (bicyclic) bond motifs is 1. The number of aromatic nitrogens is 2. The molecule has 1 aliphatic rings. The van der Waals surface area contributed by atoms with Crippen molar-refractivity contribution in [1.82, 2.24) is 9.13 Å². The van der Waals surface area contributed by atoms with Gasteiger partial charge in [-0.1, -0.05) is 42.1 Å².